The molecular formula is C16H22FeNO-. The van der Waals surface area contributed by atoms with Crippen molar-refractivity contribution in [1.29, 1.82) is 0 Å². The summed E-state index contributed by atoms with van der Waals surface area (Å²) in [5.41, 5.74) is 2.19. The van der Waals surface area contributed by atoms with E-state index in [0.29, 0.717) is 5.88 Å². The van der Waals surface area contributed by atoms with Gasteiger partial charge in [0.25, 0.3) is 0 Å². The first-order valence-electron chi connectivity index (χ1n) is 6.31. The summed E-state index contributed by atoms with van der Waals surface area (Å²) >= 11 is 0. The average molecular weight is 300 g/mol. The molecule has 1 aromatic carbocycles. The molecule has 3 heteroatoms. The van der Waals surface area contributed by atoms with Gasteiger partial charge in [0.05, 0.1) is 0 Å². The average Bonchev–Trinajstić information content (AvgIpc) is 3.02. The summed E-state index contributed by atoms with van der Waals surface area (Å²) < 4.78 is 0. The predicted molar refractivity (Wildman–Crippen MR) is 77.5 cm³/mol. The monoisotopic (exact) mass is 300 g/mol. The van der Waals surface area contributed by atoms with Crippen molar-refractivity contribution in [2.75, 3.05) is 14.1 Å². The van der Waals surface area contributed by atoms with E-state index >= 15 is 0 Å². The van der Waals surface area contributed by atoms with E-state index < -0.39 is 0 Å². The maximum Gasteiger partial charge on any atom is 0.194 e. The van der Waals surface area contributed by atoms with Gasteiger partial charge in [-0.2, -0.15) is 18.2 Å². The van der Waals surface area contributed by atoms with Crippen molar-refractivity contribution < 1.29 is 22.2 Å². The first-order chi connectivity index (χ1) is 8.66. The van der Waals surface area contributed by atoms with Crippen LogP contribution in [0.1, 0.15) is 19.8 Å². The normalized spacial score (nSPS) is 15.0. The van der Waals surface area contributed by atoms with Gasteiger partial charge in [0, 0.05) is 36.7 Å². The summed E-state index contributed by atoms with van der Waals surface area (Å²) in [6.45, 7) is 2.14. The molecule has 0 bridgehead atoms. The molecule has 0 fully saturated rings. The van der Waals surface area contributed by atoms with E-state index in [1.165, 1.54) is 5.57 Å². The number of hydrogen-bond donors (Lipinski definition) is 1. The van der Waals surface area contributed by atoms with Crippen LogP contribution in [0.3, 0.4) is 0 Å². The number of allylic oxidation sites excluding steroid dienone is 5. The van der Waals surface area contributed by atoms with Crippen LogP contribution < -0.4 is 0 Å². The molecule has 0 atom stereocenters. The van der Waals surface area contributed by atoms with Crippen molar-refractivity contribution in [2.45, 2.75) is 19.8 Å². The Balaban J connectivity index is 0.000000454. The fourth-order valence-corrected chi connectivity index (χ4v) is 1.72. The van der Waals surface area contributed by atoms with Crippen LogP contribution in [0.15, 0.2) is 65.6 Å². The van der Waals surface area contributed by atoms with Crippen molar-refractivity contribution in [3.05, 3.63) is 65.6 Å². The Morgan fingerprint density at radius 2 is 1.89 bits per heavy atom. The number of hydrogen-bond acceptors (Lipinski definition) is 2. The number of aliphatic hydroxyl groups excluding tert-OH is 1. The molecule has 1 aliphatic rings. The third kappa shape index (κ3) is 5.91. The molecule has 1 aliphatic carbocycles. The molecule has 106 valence electrons. The maximum absolute atomic E-state index is 9.74. The molecular weight excluding hydrogens is 278 g/mol. The predicted octanol–water partition coefficient (Wildman–Crippen LogP) is 4.02. The first kappa shape index (κ1) is 17.7. The minimum absolute atomic E-state index is 0. The molecule has 2 rings (SSSR count). The quantitative estimate of drug-likeness (QED) is 0.518. The summed E-state index contributed by atoms with van der Waals surface area (Å²) in [5, 5.41) is 9.74. The van der Waals surface area contributed by atoms with Gasteiger partial charge in [-0.3, -0.25) is 0 Å². The summed E-state index contributed by atoms with van der Waals surface area (Å²) in [6.07, 6.45) is 8.15. The third-order valence-corrected chi connectivity index (χ3v) is 2.65. The van der Waals surface area contributed by atoms with Gasteiger partial charge in [-0.25, -0.2) is 12.1 Å². The molecule has 0 radical (unpaired) electrons. The zero-order valence-electron chi connectivity index (χ0n) is 11.8. The van der Waals surface area contributed by atoms with E-state index in [1.807, 2.05) is 56.6 Å². The Kier molecular flexibility index (Phi) is 8.94. The molecule has 19 heavy (non-hydrogen) atoms. The standard InChI is InChI=1S/C11H17NO.C5H5.Fe/c1-4-6-9-7-5-8-10(9)11(13)12(2)3;1-2-4-5-3-1;/h5,7-8,13H,4,6H2,1-3H3;1-5H;/q;-1;/b11-10-;;. The fourth-order valence-electron chi connectivity index (χ4n) is 1.72. The summed E-state index contributed by atoms with van der Waals surface area (Å²) in [6, 6.07) is 10.0. The molecule has 0 amide bonds. The van der Waals surface area contributed by atoms with Gasteiger partial charge in [0.2, 0.25) is 0 Å². The number of nitrogens with zero attached hydrogens (tertiary/aromatic N) is 1. The topological polar surface area (TPSA) is 23.5 Å². The van der Waals surface area contributed by atoms with Crippen LogP contribution in [0.25, 0.3) is 0 Å². The Bertz CT molecular complexity index is 410. The van der Waals surface area contributed by atoms with Crippen molar-refractivity contribution in [3.8, 4) is 0 Å². The van der Waals surface area contributed by atoms with E-state index in [2.05, 4.69) is 13.0 Å². The summed E-state index contributed by atoms with van der Waals surface area (Å²) in [7, 11) is 3.69. The van der Waals surface area contributed by atoms with Gasteiger partial charge in [-0.15, -0.1) is 0 Å². The molecule has 1 N–H and O–H groups in total. The molecule has 1 aromatic rings. The van der Waals surface area contributed by atoms with Crippen LogP contribution in [0, 0.1) is 0 Å². The Morgan fingerprint density at radius 1 is 1.26 bits per heavy atom. The largest absolute Gasteiger partial charge is 0.494 e. The van der Waals surface area contributed by atoms with Gasteiger partial charge >= 0.3 is 0 Å². The van der Waals surface area contributed by atoms with Gasteiger partial charge in [-0.05, 0) is 18.1 Å². The van der Waals surface area contributed by atoms with Crippen molar-refractivity contribution in [2.24, 2.45) is 0 Å². The Hall–Kier alpha value is -1.31. The SMILES string of the molecule is CCCC1=CC=C/C1=C(/O)N(C)C.[Fe].c1cc[cH-]c1. The molecule has 0 unspecified atom stereocenters. The van der Waals surface area contributed by atoms with Crippen LogP contribution >= 0.6 is 0 Å². The van der Waals surface area contributed by atoms with Crippen molar-refractivity contribution in [1.82, 2.24) is 4.90 Å². The molecule has 0 heterocycles. The first-order valence-corrected chi connectivity index (χ1v) is 6.31. The smallest absolute Gasteiger partial charge is 0.194 e. The van der Waals surface area contributed by atoms with Crippen LogP contribution in [0.2, 0.25) is 0 Å². The van der Waals surface area contributed by atoms with Crippen LogP contribution in [0.5, 0.6) is 0 Å². The van der Waals surface area contributed by atoms with E-state index in [1.54, 1.807) is 4.90 Å². The van der Waals surface area contributed by atoms with Gasteiger partial charge < -0.3 is 10.0 Å². The minimum atomic E-state index is 0. The van der Waals surface area contributed by atoms with Crippen LogP contribution in [-0.2, 0) is 17.1 Å². The van der Waals surface area contributed by atoms with Gasteiger partial charge in [0.15, 0.2) is 5.88 Å². The molecule has 0 spiro atoms. The second-order valence-electron chi connectivity index (χ2n) is 4.39. The molecule has 0 saturated carbocycles. The Labute approximate surface area is 127 Å². The van der Waals surface area contributed by atoms with E-state index in [-0.39, 0.29) is 17.1 Å². The van der Waals surface area contributed by atoms with E-state index in [9.17, 15) is 5.11 Å². The summed E-state index contributed by atoms with van der Waals surface area (Å²) in [5.74, 6) is 0.355. The van der Waals surface area contributed by atoms with Gasteiger partial charge in [-0.1, -0.05) is 25.5 Å². The van der Waals surface area contributed by atoms with E-state index in [0.717, 1.165) is 18.4 Å². The van der Waals surface area contributed by atoms with Crippen molar-refractivity contribution >= 4 is 0 Å². The molecule has 0 aromatic heterocycles. The van der Waals surface area contributed by atoms with Crippen LogP contribution in [-0.4, -0.2) is 24.1 Å². The van der Waals surface area contributed by atoms with E-state index in [4.69, 9.17) is 0 Å². The van der Waals surface area contributed by atoms with Gasteiger partial charge in [0.1, 0.15) is 0 Å². The number of aliphatic hydroxyl groups is 1. The second-order valence-corrected chi connectivity index (χ2v) is 4.39. The minimum Gasteiger partial charge on any atom is -0.494 e. The zero-order valence-corrected chi connectivity index (χ0v) is 12.9. The summed E-state index contributed by atoms with van der Waals surface area (Å²) in [4.78, 5) is 1.73. The van der Waals surface area contributed by atoms with Crippen molar-refractivity contribution in [3.63, 3.8) is 0 Å². The number of rotatable bonds is 3. The fraction of sp³-hybridized carbons (Fsp3) is 0.312. The molecule has 0 saturated heterocycles. The second kappa shape index (κ2) is 9.60. The zero-order chi connectivity index (χ0) is 13.4. The Morgan fingerprint density at radius 3 is 2.32 bits per heavy atom. The molecule has 2 nitrogen and oxygen atoms in total. The third-order valence-electron chi connectivity index (χ3n) is 2.65. The molecule has 0 aliphatic heterocycles. The van der Waals surface area contributed by atoms with Crippen LogP contribution in [0.4, 0.5) is 0 Å². The maximum atomic E-state index is 9.74.